The molecule has 0 aromatic heterocycles. The highest BCUT2D eigenvalue weighted by atomic mass is 79.9. The molecule has 1 aliphatic rings. The highest BCUT2D eigenvalue weighted by Crippen LogP contribution is 2.27. The highest BCUT2D eigenvalue weighted by molar-refractivity contribution is 9.09. The Morgan fingerprint density at radius 3 is 3.00 bits per heavy atom. The molecule has 0 radical (unpaired) electrons. The summed E-state index contributed by atoms with van der Waals surface area (Å²) in [5.41, 5.74) is 2.67. The summed E-state index contributed by atoms with van der Waals surface area (Å²) in [5.74, 6) is 0. The van der Waals surface area contributed by atoms with Gasteiger partial charge in [0, 0.05) is 12.1 Å². The van der Waals surface area contributed by atoms with Crippen LogP contribution < -0.4 is 5.32 Å². The Balaban J connectivity index is 2.42. The van der Waals surface area contributed by atoms with Crippen molar-refractivity contribution in [3.05, 3.63) is 29.8 Å². The molecule has 1 heterocycles. The molecule has 1 atom stereocenters. The lowest BCUT2D eigenvalue weighted by molar-refractivity contribution is 1.05. The van der Waals surface area contributed by atoms with Crippen molar-refractivity contribution >= 4 is 21.6 Å². The zero-order chi connectivity index (χ0) is 6.97. The van der Waals surface area contributed by atoms with Crippen molar-refractivity contribution in [1.82, 2.24) is 0 Å². The average Bonchev–Trinajstić information content (AvgIpc) is 2.27. The Kier molecular flexibility index (Phi) is 1.42. The summed E-state index contributed by atoms with van der Waals surface area (Å²) >= 11 is 3.51. The first-order valence-electron chi connectivity index (χ1n) is 3.35. The van der Waals surface area contributed by atoms with E-state index in [4.69, 9.17) is 0 Å². The van der Waals surface area contributed by atoms with E-state index in [2.05, 4.69) is 45.5 Å². The van der Waals surface area contributed by atoms with E-state index in [1.165, 1.54) is 11.3 Å². The lowest BCUT2D eigenvalue weighted by atomic mass is 10.2. The van der Waals surface area contributed by atoms with Gasteiger partial charge >= 0.3 is 0 Å². The van der Waals surface area contributed by atoms with Crippen molar-refractivity contribution in [2.24, 2.45) is 0 Å². The number of alkyl halides is 1. The Morgan fingerprint density at radius 1 is 1.40 bits per heavy atom. The van der Waals surface area contributed by atoms with E-state index in [-0.39, 0.29) is 0 Å². The van der Waals surface area contributed by atoms with Gasteiger partial charge in [-0.05, 0) is 11.6 Å². The number of para-hydroxylation sites is 1. The van der Waals surface area contributed by atoms with Gasteiger partial charge in [-0.25, -0.2) is 0 Å². The van der Waals surface area contributed by atoms with Crippen molar-refractivity contribution in [3.63, 3.8) is 0 Å². The minimum absolute atomic E-state index is 0.435. The van der Waals surface area contributed by atoms with Crippen LogP contribution in [0.25, 0.3) is 0 Å². The van der Waals surface area contributed by atoms with Gasteiger partial charge in [-0.1, -0.05) is 34.1 Å². The number of benzene rings is 1. The molecule has 0 amide bonds. The molecule has 52 valence electrons. The molecule has 0 fully saturated rings. The maximum atomic E-state index is 3.51. The summed E-state index contributed by atoms with van der Waals surface area (Å²) in [6.07, 6.45) is 1.09. The number of hydrogen-bond donors (Lipinski definition) is 1. The van der Waals surface area contributed by atoms with Crippen LogP contribution in [0.4, 0.5) is 5.69 Å². The number of halogens is 1. The largest absolute Gasteiger partial charge is 0.372 e. The first-order valence-corrected chi connectivity index (χ1v) is 4.26. The molecule has 0 saturated carbocycles. The third kappa shape index (κ3) is 0.926. The molecule has 0 saturated heterocycles. The lowest BCUT2D eigenvalue weighted by Crippen LogP contribution is -2.03. The Morgan fingerprint density at radius 2 is 2.20 bits per heavy atom. The second-order valence-electron chi connectivity index (χ2n) is 2.47. The quantitative estimate of drug-likeness (QED) is 0.498. The molecule has 1 unspecified atom stereocenters. The zero-order valence-corrected chi connectivity index (χ0v) is 7.06. The van der Waals surface area contributed by atoms with Gasteiger partial charge in [0.1, 0.15) is 0 Å². The van der Waals surface area contributed by atoms with E-state index in [1.54, 1.807) is 0 Å². The van der Waals surface area contributed by atoms with E-state index in [1.807, 2.05) is 0 Å². The normalized spacial score (nSPS) is 21.9. The number of anilines is 1. The van der Waals surface area contributed by atoms with Gasteiger partial charge in [0.05, 0.1) is 4.95 Å². The summed E-state index contributed by atoms with van der Waals surface area (Å²) in [6, 6.07) is 8.39. The molecule has 10 heavy (non-hydrogen) atoms. The third-order valence-corrected chi connectivity index (χ3v) is 2.28. The van der Waals surface area contributed by atoms with Crippen LogP contribution in [-0.4, -0.2) is 4.95 Å². The molecule has 1 nitrogen and oxygen atoms in total. The molecule has 1 aliphatic heterocycles. The Hall–Kier alpha value is -0.500. The van der Waals surface area contributed by atoms with Gasteiger partial charge in [-0.15, -0.1) is 0 Å². The minimum Gasteiger partial charge on any atom is -0.372 e. The van der Waals surface area contributed by atoms with Crippen molar-refractivity contribution in [3.8, 4) is 0 Å². The van der Waals surface area contributed by atoms with E-state index in [0.29, 0.717) is 4.95 Å². The number of hydrogen-bond acceptors (Lipinski definition) is 1. The third-order valence-electron chi connectivity index (χ3n) is 1.73. The zero-order valence-electron chi connectivity index (χ0n) is 5.47. The maximum absolute atomic E-state index is 3.51. The van der Waals surface area contributed by atoms with Crippen molar-refractivity contribution in [1.29, 1.82) is 0 Å². The molecule has 0 spiro atoms. The summed E-state index contributed by atoms with van der Waals surface area (Å²) in [4.78, 5) is 0.435. The summed E-state index contributed by atoms with van der Waals surface area (Å²) in [7, 11) is 0. The fraction of sp³-hybridized carbons (Fsp3) is 0.250. The van der Waals surface area contributed by atoms with Gasteiger partial charge in [-0.2, -0.15) is 0 Å². The van der Waals surface area contributed by atoms with Gasteiger partial charge in [0.25, 0.3) is 0 Å². The predicted molar refractivity (Wildman–Crippen MR) is 46.5 cm³/mol. The van der Waals surface area contributed by atoms with E-state index >= 15 is 0 Å². The smallest absolute Gasteiger partial charge is 0.0859 e. The van der Waals surface area contributed by atoms with Crippen LogP contribution >= 0.6 is 15.9 Å². The fourth-order valence-corrected chi connectivity index (χ4v) is 1.85. The lowest BCUT2D eigenvalue weighted by Gasteiger charge is -1.98. The number of rotatable bonds is 0. The molecule has 2 heteroatoms. The first-order chi connectivity index (χ1) is 4.86. The van der Waals surface area contributed by atoms with E-state index in [0.717, 1.165) is 6.42 Å². The van der Waals surface area contributed by atoms with Crippen LogP contribution in [0.15, 0.2) is 24.3 Å². The van der Waals surface area contributed by atoms with Crippen molar-refractivity contribution in [2.75, 3.05) is 5.32 Å². The number of nitrogens with one attached hydrogen (secondary N) is 1. The Bertz CT molecular complexity index is 222. The number of fused-ring (bicyclic) bond motifs is 1. The van der Waals surface area contributed by atoms with E-state index < -0.39 is 0 Å². The van der Waals surface area contributed by atoms with Gasteiger partial charge in [-0.3, -0.25) is 0 Å². The summed E-state index contributed by atoms with van der Waals surface area (Å²) < 4.78 is 0. The molecule has 0 bridgehead atoms. The molecule has 0 aliphatic carbocycles. The predicted octanol–water partition coefficient (Wildman–Crippen LogP) is 2.38. The monoisotopic (exact) mass is 197 g/mol. The molecular formula is C8H8BrN. The van der Waals surface area contributed by atoms with Gasteiger partial charge in [0.2, 0.25) is 0 Å². The molecule has 1 N–H and O–H groups in total. The summed E-state index contributed by atoms with van der Waals surface area (Å²) in [5, 5.41) is 3.31. The first kappa shape index (κ1) is 6.23. The van der Waals surface area contributed by atoms with Crippen molar-refractivity contribution in [2.45, 2.75) is 11.4 Å². The second kappa shape index (κ2) is 2.27. The molecular weight excluding hydrogens is 190 g/mol. The molecule has 1 aromatic rings. The van der Waals surface area contributed by atoms with Crippen LogP contribution in [0, 0.1) is 0 Å². The van der Waals surface area contributed by atoms with Crippen LogP contribution in [0.2, 0.25) is 0 Å². The summed E-state index contributed by atoms with van der Waals surface area (Å²) in [6.45, 7) is 0. The average molecular weight is 198 g/mol. The van der Waals surface area contributed by atoms with Crippen LogP contribution in [-0.2, 0) is 6.42 Å². The maximum Gasteiger partial charge on any atom is 0.0859 e. The fourth-order valence-electron chi connectivity index (χ4n) is 1.25. The van der Waals surface area contributed by atoms with Crippen LogP contribution in [0.3, 0.4) is 0 Å². The Labute approximate surface area is 68.6 Å². The van der Waals surface area contributed by atoms with Crippen LogP contribution in [0.5, 0.6) is 0 Å². The standard InChI is InChI=1S/C8H8BrN/c9-8-5-6-3-1-2-4-7(6)10-8/h1-4,8,10H,5H2. The topological polar surface area (TPSA) is 12.0 Å². The van der Waals surface area contributed by atoms with Crippen molar-refractivity contribution < 1.29 is 0 Å². The van der Waals surface area contributed by atoms with Gasteiger partial charge in [0.15, 0.2) is 0 Å². The van der Waals surface area contributed by atoms with Gasteiger partial charge < -0.3 is 5.32 Å². The highest BCUT2D eigenvalue weighted by Gasteiger charge is 2.15. The SMILES string of the molecule is BrC1Cc2ccccc2N1. The second-order valence-corrected chi connectivity index (χ2v) is 3.58. The minimum atomic E-state index is 0.435. The molecule has 1 aromatic carbocycles. The van der Waals surface area contributed by atoms with E-state index in [9.17, 15) is 0 Å². The molecule has 2 rings (SSSR count). The van der Waals surface area contributed by atoms with Crippen LogP contribution in [0.1, 0.15) is 5.56 Å².